The largest absolute Gasteiger partial charge is 0.493 e. The van der Waals surface area contributed by atoms with Crippen molar-refractivity contribution in [2.24, 2.45) is 0 Å². The molecule has 1 aliphatic rings. The molecular weight excluding hydrogens is 308 g/mol. The Kier molecular flexibility index (Phi) is 4.84. The number of aromatic carboxylic acids is 1. The SMILES string of the molecule is COc1ccc(Nc2ccc(C(=O)O)cn2)cc1OC1CCCC1. The quantitative estimate of drug-likeness (QED) is 0.838. The Morgan fingerprint density at radius 2 is 2.00 bits per heavy atom. The molecule has 2 aromatic rings. The number of nitrogens with zero attached hydrogens (tertiary/aromatic N) is 1. The minimum atomic E-state index is -0.995. The number of pyridine rings is 1. The lowest BCUT2D eigenvalue weighted by Crippen LogP contribution is -2.11. The topological polar surface area (TPSA) is 80.7 Å². The second kappa shape index (κ2) is 7.21. The molecule has 0 amide bonds. The van der Waals surface area contributed by atoms with Crippen LogP contribution in [-0.2, 0) is 0 Å². The maximum Gasteiger partial charge on any atom is 0.337 e. The summed E-state index contributed by atoms with van der Waals surface area (Å²) in [6.07, 6.45) is 6.10. The molecule has 24 heavy (non-hydrogen) atoms. The average molecular weight is 328 g/mol. The lowest BCUT2D eigenvalue weighted by molar-refractivity contribution is 0.0696. The predicted octanol–water partition coefficient (Wildman–Crippen LogP) is 3.85. The fraction of sp³-hybridized carbons (Fsp3) is 0.333. The van der Waals surface area contributed by atoms with Gasteiger partial charge in [-0.25, -0.2) is 9.78 Å². The number of benzene rings is 1. The highest BCUT2D eigenvalue weighted by atomic mass is 16.5. The van der Waals surface area contributed by atoms with E-state index in [-0.39, 0.29) is 11.7 Å². The van der Waals surface area contributed by atoms with Crippen molar-refractivity contribution in [3.05, 3.63) is 42.1 Å². The molecule has 1 aliphatic carbocycles. The molecule has 0 saturated heterocycles. The standard InChI is InChI=1S/C18H20N2O4/c1-23-15-8-7-13(10-16(15)24-14-4-2-3-5-14)20-17-9-6-12(11-19-17)18(21)22/h6-11,14H,2-5H2,1H3,(H,19,20)(H,21,22). The molecule has 1 saturated carbocycles. The fourth-order valence-corrected chi connectivity index (χ4v) is 2.77. The number of ether oxygens (including phenoxy) is 2. The molecule has 1 aromatic carbocycles. The molecule has 0 radical (unpaired) electrons. The second-order valence-corrected chi connectivity index (χ2v) is 5.75. The number of nitrogens with one attached hydrogen (secondary N) is 1. The molecule has 0 spiro atoms. The molecule has 126 valence electrons. The predicted molar refractivity (Wildman–Crippen MR) is 90.4 cm³/mol. The fourth-order valence-electron chi connectivity index (χ4n) is 2.77. The highest BCUT2D eigenvalue weighted by Crippen LogP contribution is 2.34. The molecule has 3 rings (SSSR count). The van der Waals surface area contributed by atoms with Gasteiger partial charge in [0.2, 0.25) is 0 Å². The van der Waals surface area contributed by atoms with E-state index in [0.29, 0.717) is 17.3 Å². The first-order valence-corrected chi connectivity index (χ1v) is 7.97. The molecule has 0 atom stereocenters. The lowest BCUT2D eigenvalue weighted by atomic mass is 10.2. The normalized spacial score (nSPS) is 14.4. The van der Waals surface area contributed by atoms with E-state index in [1.54, 1.807) is 13.2 Å². The highest BCUT2D eigenvalue weighted by molar-refractivity contribution is 5.87. The van der Waals surface area contributed by atoms with E-state index in [1.807, 2.05) is 18.2 Å². The van der Waals surface area contributed by atoms with E-state index in [1.165, 1.54) is 25.1 Å². The lowest BCUT2D eigenvalue weighted by Gasteiger charge is -2.17. The molecular formula is C18H20N2O4. The number of carbonyl (C=O) groups is 1. The van der Waals surface area contributed by atoms with Crippen LogP contribution in [0.1, 0.15) is 36.0 Å². The summed E-state index contributed by atoms with van der Waals surface area (Å²) in [6, 6.07) is 8.73. The van der Waals surface area contributed by atoms with Crippen LogP contribution in [0.2, 0.25) is 0 Å². The van der Waals surface area contributed by atoms with Crippen molar-refractivity contribution in [1.29, 1.82) is 0 Å². The van der Waals surface area contributed by atoms with Crippen LogP contribution in [0.25, 0.3) is 0 Å². The molecule has 1 aromatic heterocycles. The van der Waals surface area contributed by atoms with E-state index in [2.05, 4.69) is 10.3 Å². The van der Waals surface area contributed by atoms with Crippen LogP contribution in [-0.4, -0.2) is 29.3 Å². The number of methoxy groups -OCH3 is 1. The van der Waals surface area contributed by atoms with Crippen LogP contribution in [0.15, 0.2) is 36.5 Å². The summed E-state index contributed by atoms with van der Waals surface area (Å²) >= 11 is 0. The van der Waals surface area contributed by atoms with Gasteiger partial charge in [-0.2, -0.15) is 0 Å². The molecule has 6 heteroatoms. The summed E-state index contributed by atoms with van der Waals surface area (Å²) in [5, 5.41) is 12.1. The van der Waals surface area contributed by atoms with Crippen molar-refractivity contribution in [1.82, 2.24) is 4.98 Å². The van der Waals surface area contributed by atoms with E-state index in [4.69, 9.17) is 14.6 Å². The number of aromatic nitrogens is 1. The summed E-state index contributed by atoms with van der Waals surface area (Å²) in [4.78, 5) is 15.0. The first-order valence-electron chi connectivity index (χ1n) is 7.97. The van der Waals surface area contributed by atoms with Gasteiger partial charge in [0.25, 0.3) is 0 Å². The van der Waals surface area contributed by atoms with Crippen LogP contribution in [0.3, 0.4) is 0 Å². The van der Waals surface area contributed by atoms with Crippen LogP contribution >= 0.6 is 0 Å². The molecule has 1 heterocycles. The Hall–Kier alpha value is -2.76. The van der Waals surface area contributed by atoms with Gasteiger partial charge in [-0.1, -0.05) is 0 Å². The number of rotatable bonds is 6. The van der Waals surface area contributed by atoms with Crippen molar-refractivity contribution < 1.29 is 19.4 Å². The Morgan fingerprint density at radius 1 is 1.21 bits per heavy atom. The van der Waals surface area contributed by atoms with E-state index >= 15 is 0 Å². The zero-order valence-corrected chi connectivity index (χ0v) is 13.5. The summed E-state index contributed by atoms with van der Waals surface area (Å²) in [6.45, 7) is 0. The second-order valence-electron chi connectivity index (χ2n) is 5.75. The monoisotopic (exact) mass is 328 g/mol. The third kappa shape index (κ3) is 3.76. The molecule has 6 nitrogen and oxygen atoms in total. The number of carboxylic acid groups (broad SMARTS) is 1. The Labute approximate surface area is 140 Å². The van der Waals surface area contributed by atoms with Crippen LogP contribution in [0.4, 0.5) is 11.5 Å². The van der Waals surface area contributed by atoms with Crippen molar-refractivity contribution in [3.8, 4) is 11.5 Å². The van der Waals surface area contributed by atoms with Crippen LogP contribution < -0.4 is 14.8 Å². The maximum absolute atomic E-state index is 10.9. The van der Waals surface area contributed by atoms with Gasteiger partial charge in [-0.15, -0.1) is 0 Å². The molecule has 0 unspecified atom stereocenters. The van der Waals surface area contributed by atoms with E-state index < -0.39 is 5.97 Å². The number of carboxylic acids is 1. The number of hydrogen-bond donors (Lipinski definition) is 2. The Balaban J connectivity index is 1.76. The number of anilines is 2. The Morgan fingerprint density at radius 3 is 2.62 bits per heavy atom. The Bertz CT molecular complexity index is 709. The first kappa shape index (κ1) is 16.1. The highest BCUT2D eigenvalue weighted by Gasteiger charge is 2.18. The minimum Gasteiger partial charge on any atom is -0.493 e. The first-order chi connectivity index (χ1) is 11.7. The smallest absolute Gasteiger partial charge is 0.337 e. The minimum absolute atomic E-state index is 0.153. The summed E-state index contributed by atoms with van der Waals surface area (Å²) < 4.78 is 11.4. The van der Waals surface area contributed by atoms with Crippen molar-refractivity contribution in [2.45, 2.75) is 31.8 Å². The van der Waals surface area contributed by atoms with Gasteiger partial charge in [-0.3, -0.25) is 0 Å². The van der Waals surface area contributed by atoms with Crippen molar-refractivity contribution >= 4 is 17.5 Å². The number of hydrogen-bond acceptors (Lipinski definition) is 5. The van der Waals surface area contributed by atoms with Crippen molar-refractivity contribution in [2.75, 3.05) is 12.4 Å². The van der Waals surface area contributed by atoms with Crippen LogP contribution in [0, 0.1) is 0 Å². The van der Waals surface area contributed by atoms with E-state index in [9.17, 15) is 4.79 Å². The molecule has 2 N–H and O–H groups in total. The van der Waals surface area contributed by atoms with Gasteiger partial charge in [0, 0.05) is 18.0 Å². The molecule has 1 fully saturated rings. The zero-order chi connectivity index (χ0) is 16.9. The van der Waals surface area contributed by atoms with Gasteiger partial charge < -0.3 is 19.9 Å². The van der Waals surface area contributed by atoms with Gasteiger partial charge in [0.15, 0.2) is 11.5 Å². The maximum atomic E-state index is 10.9. The van der Waals surface area contributed by atoms with Gasteiger partial charge in [0.05, 0.1) is 18.8 Å². The van der Waals surface area contributed by atoms with Crippen molar-refractivity contribution in [3.63, 3.8) is 0 Å². The van der Waals surface area contributed by atoms with Gasteiger partial charge in [-0.05, 0) is 49.9 Å². The summed E-state index contributed by atoms with van der Waals surface area (Å²) in [7, 11) is 1.62. The summed E-state index contributed by atoms with van der Waals surface area (Å²) in [5.74, 6) is 0.973. The third-order valence-corrected chi connectivity index (χ3v) is 4.04. The summed E-state index contributed by atoms with van der Waals surface area (Å²) in [5.41, 5.74) is 0.958. The van der Waals surface area contributed by atoms with Gasteiger partial charge in [0.1, 0.15) is 5.82 Å². The van der Waals surface area contributed by atoms with E-state index in [0.717, 1.165) is 18.5 Å². The third-order valence-electron chi connectivity index (χ3n) is 4.04. The van der Waals surface area contributed by atoms with Gasteiger partial charge >= 0.3 is 5.97 Å². The average Bonchev–Trinajstić information content (AvgIpc) is 3.09. The van der Waals surface area contributed by atoms with Crippen LogP contribution in [0.5, 0.6) is 11.5 Å². The molecule has 0 aliphatic heterocycles. The zero-order valence-electron chi connectivity index (χ0n) is 13.5. The molecule has 0 bridgehead atoms.